The van der Waals surface area contributed by atoms with Crippen molar-refractivity contribution in [1.82, 2.24) is 25.1 Å². The maximum atomic E-state index is 13.3. The maximum Gasteiger partial charge on any atom is 0.255 e. The third-order valence-corrected chi connectivity index (χ3v) is 6.24. The van der Waals surface area contributed by atoms with Crippen molar-refractivity contribution >= 4 is 11.8 Å². The summed E-state index contributed by atoms with van der Waals surface area (Å²) in [4.78, 5) is 38.8. The van der Waals surface area contributed by atoms with Gasteiger partial charge in [-0.1, -0.05) is 30.3 Å². The molecule has 0 spiro atoms. The number of carbonyl (C=O) groups is 2. The molecular weight excluding hydrogens is 426 g/mol. The molecule has 34 heavy (non-hydrogen) atoms. The Kier molecular flexibility index (Phi) is 7.99. The second-order valence-electron chi connectivity index (χ2n) is 8.59. The average molecular weight is 458 g/mol. The highest BCUT2D eigenvalue weighted by Gasteiger charge is 2.26. The van der Waals surface area contributed by atoms with Gasteiger partial charge in [0.1, 0.15) is 0 Å². The lowest BCUT2D eigenvalue weighted by molar-refractivity contribution is -0.122. The van der Waals surface area contributed by atoms with Crippen LogP contribution in [0.3, 0.4) is 0 Å². The molecule has 0 aliphatic carbocycles. The second kappa shape index (κ2) is 11.5. The van der Waals surface area contributed by atoms with Crippen LogP contribution in [0.4, 0.5) is 0 Å². The van der Waals surface area contributed by atoms with Gasteiger partial charge in [-0.05, 0) is 48.7 Å². The zero-order valence-electron chi connectivity index (χ0n) is 19.6. The molecule has 1 saturated heterocycles. The topological polar surface area (TPSA) is 78.4 Å². The molecule has 0 saturated carbocycles. The predicted molar refractivity (Wildman–Crippen MR) is 131 cm³/mol. The van der Waals surface area contributed by atoms with Crippen molar-refractivity contribution < 1.29 is 9.59 Å². The highest BCUT2D eigenvalue weighted by atomic mass is 16.2. The monoisotopic (exact) mass is 457 g/mol. The molecule has 3 aromatic rings. The Morgan fingerprint density at radius 3 is 2.56 bits per heavy atom. The first-order valence-corrected chi connectivity index (χ1v) is 11.8. The summed E-state index contributed by atoms with van der Waals surface area (Å²) in [5.41, 5.74) is 3.59. The van der Waals surface area contributed by atoms with E-state index in [2.05, 4.69) is 32.3 Å². The molecule has 1 aliphatic rings. The molecule has 1 N–H and O–H groups in total. The quantitative estimate of drug-likeness (QED) is 0.650. The van der Waals surface area contributed by atoms with Crippen LogP contribution in [0.1, 0.15) is 46.1 Å². The van der Waals surface area contributed by atoms with Crippen molar-refractivity contribution in [3.8, 4) is 0 Å². The van der Waals surface area contributed by atoms with E-state index in [-0.39, 0.29) is 17.9 Å². The van der Waals surface area contributed by atoms with Gasteiger partial charge in [-0.15, -0.1) is 0 Å². The smallest absolute Gasteiger partial charge is 0.255 e. The van der Waals surface area contributed by atoms with E-state index in [4.69, 9.17) is 0 Å². The van der Waals surface area contributed by atoms with Gasteiger partial charge in [-0.3, -0.25) is 24.5 Å². The average Bonchev–Trinajstić information content (AvgIpc) is 2.90. The van der Waals surface area contributed by atoms with Crippen molar-refractivity contribution in [3.63, 3.8) is 0 Å². The lowest BCUT2D eigenvalue weighted by Gasteiger charge is -2.32. The number of aryl methyl sites for hydroxylation is 1. The molecule has 4 rings (SSSR count). The Hall–Kier alpha value is -3.58. The molecule has 2 amide bonds. The number of carbonyl (C=O) groups excluding carboxylic acids is 2. The summed E-state index contributed by atoms with van der Waals surface area (Å²) in [5.74, 6) is -0.0557. The minimum atomic E-state index is -0.0582. The Morgan fingerprint density at radius 2 is 1.79 bits per heavy atom. The van der Waals surface area contributed by atoms with Gasteiger partial charge < -0.3 is 10.2 Å². The van der Waals surface area contributed by atoms with Crippen LogP contribution >= 0.6 is 0 Å². The number of nitrogens with one attached hydrogen (secondary N) is 1. The van der Waals surface area contributed by atoms with Gasteiger partial charge in [0.2, 0.25) is 5.91 Å². The number of aromatic nitrogens is 2. The molecule has 1 aliphatic heterocycles. The molecular formula is C27H31N5O2. The van der Waals surface area contributed by atoms with Crippen molar-refractivity contribution in [2.24, 2.45) is 0 Å². The van der Waals surface area contributed by atoms with Gasteiger partial charge in [-0.2, -0.15) is 0 Å². The largest absolute Gasteiger partial charge is 0.354 e. The van der Waals surface area contributed by atoms with Crippen LogP contribution in [-0.2, 0) is 11.3 Å². The van der Waals surface area contributed by atoms with E-state index in [0.29, 0.717) is 43.9 Å². The molecule has 0 bridgehead atoms. The first-order valence-electron chi connectivity index (χ1n) is 11.8. The zero-order chi connectivity index (χ0) is 23.8. The summed E-state index contributed by atoms with van der Waals surface area (Å²) in [5, 5.41) is 3.03. The van der Waals surface area contributed by atoms with E-state index < -0.39 is 0 Å². The number of pyridine rings is 2. The molecule has 7 heteroatoms. The molecule has 1 fully saturated rings. The standard InChI is InChI=1S/C27H31N5O2/c1-21-24(9-5-12-29-21)27(34)31-16-6-17-32(20-22-10-13-28-14-11-22)25(19-26(33)30-15-18-31)23-7-3-2-4-8-23/h2-5,7-14,25H,6,15-20H2,1H3,(H,30,33). The molecule has 1 unspecified atom stereocenters. The summed E-state index contributed by atoms with van der Waals surface area (Å²) < 4.78 is 0. The zero-order valence-corrected chi connectivity index (χ0v) is 19.6. The molecule has 7 nitrogen and oxygen atoms in total. The van der Waals surface area contributed by atoms with Crippen LogP contribution in [0, 0.1) is 6.92 Å². The first-order chi connectivity index (χ1) is 16.6. The predicted octanol–water partition coefficient (Wildman–Crippen LogP) is 3.38. The Labute approximate surface area is 200 Å². The molecule has 1 atom stereocenters. The normalized spacial score (nSPS) is 18.1. The molecule has 2 aromatic heterocycles. The highest BCUT2D eigenvalue weighted by Crippen LogP contribution is 2.27. The van der Waals surface area contributed by atoms with Crippen LogP contribution in [0.25, 0.3) is 0 Å². The summed E-state index contributed by atoms with van der Waals surface area (Å²) in [6.07, 6.45) is 6.45. The van der Waals surface area contributed by atoms with Crippen LogP contribution in [0.2, 0.25) is 0 Å². The number of hydrogen-bond acceptors (Lipinski definition) is 5. The van der Waals surface area contributed by atoms with Crippen molar-refractivity contribution in [3.05, 3.63) is 95.6 Å². The number of nitrogens with zero attached hydrogens (tertiary/aromatic N) is 4. The Morgan fingerprint density at radius 1 is 1.00 bits per heavy atom. The van der Waals surface area contributed by atoms with E-state index in [1.54, 1.807) is 24.7 Å². The number of rotatable bonds is 4. The fourth-order valence-electron chi connectivity index (χ4n) is 4.44. The van der Waals surface area contributed by atoms with Crippen LogP contribution in [-0.4, -0.2) is 57.8 Å². The van der Waals surface area contributed by atoms with Gasteiger partial charge in [0.15, 0.2) is 0 Å². The van der Waals surface area contributed by atoms with E-state index >= 15 is 0 Å². The fraction of sp³-hybridized carbons (Fsp3) is 0.333. The summed E-state index contributed by atoms with van der Waals surface area (Å²) in [7, 11) is 0. The van der Waals surface area contributed by atoms with Crippen LogP contribution < -0.4 is 5.32 Å². The summed E-state index contributed by atoms with van der Waals surface area (Å²) in [6.45, 7) is 4.81. The van der Waals surface area contributed by atoms with Gasteiger partial charge in [0.25, 0.3) is 5.91 Å². The lowest BCUT2D eigenvalue weighted by atomic mass is 10.00. The third kappa shape index (κ3) is 6.05. The SMILES string of the molecule is Cc1ncccc1C(=O)N1CCCN(Cc2ccncc2)C(c2ccccc2)CC(=O)NCC1. The molecule has 176 valence electrons. The van der Waals surface area contributed by atoms with Crippen LogP contribution in [0.5, 0.6) is 0 Å². The summed E-state index contributed by atoms with van der Waals surface area (Å²) >= 11 is 0. The van der Waals surface area contributed by atoms with Gasteiger partial charge in [-0.25, -0.2) is 0 Å². The minimum absolute atomic E-state index is 0.0135. The first kappa shape index (κ1) is 23.6. The highest BCUT2D eigenvalue weighted by molar-refractivity contribution is 5.95. The third-order valence-electron chi connectivity index (χ3n) is 6.24. The van der Waals surface area contributed by atoms with E-state index in [9.17, 15) is 9.59 Å². The van der Waals surface area contributed by atoms with E-state index in [1.807, 2.05) is 48.2 Å². The van der Waals surface area contributed by atoms with Crippen molar-refractivity contribution in [1.29, 1.82) is 0 Å². The molecule has 3 heterocycles. The second-order valence-corrected chi connectivity index (χ2v) is 8.59. The number of amides is 2. The van der Waals surface area contributed by atoms with E-state index in [0.717, 1.165) is 24.1 Å². The van der Waals surface area contributed by atoms with Gasteiger partial charge in [0, 0.05) is 69.5 Å². The van der Waals surface area contributed by atoms with Crippen molar-refractivity contribution in [2.45, 2.75) is 32.4 Å². The van der Waals surface area contributed by atoms with Crippen molar-refractivity contribution in [2.75, 3.05) is 26.2 Å². The molecule has 1 aromatic carbocycles. The van der Waals surface area contributed by atoms with Crippen LogP contribution in [0.15, 0.2) is 73.2 Å². The molecule has 0 radical (unpaired) electrons. The van der Waals surface area contributed by atoms with Gasteiger partial charge >= 0.3 is 0 Å². The fourth-order valence-corrected chi connectivity index (χ4v) is 4.44. The lowest BCUT2D eigenvalue weighted by Crippen LogP contribution is -2.39. The summed E-state index contributed by atoms with van der Waals surface area (Å²) in [6, 6.07) is 17.7. The minimum Gasteiger partial charge on any atom is -0.354 e. The van der Waals surface area contributed by atoms with Gasteiger partial charge in [0.05, 0.1) is 5.56 Å². The Bertz CT molecular complexity index is 1090. The maximum absolute atomic E-state index is 13.3. The van der Waals surface area contributed by atoms with E-state index in [1.165, 1.54) is 0 Å². The number of hydrogen-bond donors (Lipinski definition) is 1. The number of benzene rings is 1. The Balaban J connectivity index is 1.58.